The molecule has 1 aromatic heterocycles. The highest BCUT2D eigenvalue weighted by atomic mass is 32.1. The number of hydrogen-bond acceptors (Lipinski definition) is 5. The maximum absolute atomic E-state index is 12.2. The van der Waals surface area contributed by atoms with Crippen molar-refractivity contribution in [1.29, 1.82) is 0 Å². The fraction of sp³-hybridized carbons (Fsp3) is 0.643. The fourth-order valence-corrected chi connectivity index (χ4v) is 3.90. The first-order valence-corrected chi connectivity index (χ1v) is 7.22. The van der Waals surface area contributed by atoms with Gasteiger partial charge in [-0.3, -0.25) is 0 Å². The molecule has 1 aromatic rings. The van der Waals surface area contributed by atoms with Crippen LogP contribution in [-0.4, -0.2) is 12.1 Å². The van der Waals surface area contributed by atoms with Gasteiger partial charge in [-0.2, -0.15) is 0 Å². The quantitative estimate of drug-likeness (QED) is 0.845. The second kappa shape index (κ2) is 4.21. The number of carbonyl (C=O) groups excluding carboxylic acids is 1. The minimum Gasteiger partial charge on any atom is -0.459 e. The molecule has 19 heavy (non-hydrogen) atoms. The van der Waals surface area contributed by atoms with E-state index in [1.165, 1.54) is 11.3 Å². The van der Waals surface area contributed by atoms with Gasteiger partial charge in [0.1, 0.15) is 10.6 Å². The van der Waals surface area contributed by atoms with E-state index in [1.54, 1.807) is 0 Å². The molecule has 106 valence electrons. The normalized spacial score (nSPS) is 19.5. The highest BCUT2D eigenvalue weighted by Crippen LogP contribution is 2.53. The van der Waals surface area contributed by atoms with E-state index in [0.29, 0.717) is 10.6 Å². The molecule has 0 fully saturated rings. The van der Waals surface area contributed by atoms with Gasteiger partial charge in [0.15, 0.2) is 0 Å². The summed E-state index contributed by atoms with van der Waals surface area (Å²) in [6.45, 7) is 11.6. The van der Waals surface area contributed by atoms with Crippen LogP contribution in [0.15, 0.2) is 0 Å². The van der Waals surface area contributed by atoms with Gasteiger partial charge in [0.05, 0.1) is 17.3 Å². The van der Waals surface area contributed by atoms with E-state index in [-0.39, 0.29) is 12.1 Å². The van der Waals surface area contributed by atoms with Gasteiger partial charge in [-0.05, 0) is 41.5 Å². The Labute approximate surface area is 117 Å². The van der Waals surface area contributed by atoms with Gasteiger partial charge in [0.25, 0.3) is 0 Å². The van der Waals surface area contributed by atoms with Gasteiger partial charge < -0.3 is 15.2 Å². The van der Waals surface area contributed by atoms with Crippen LogP contribution in [0.4, 0.5) is 5.00 Å². The van der Waals surface area contributed by atoms with Crippen LogP contribution in [-0.2, 0) is 20.7 Å². The Kier molecular flexibility index (Phi) is 3.18. The molecule has 0 saturated heterocycles. The first-order chi connectivity index (χ1) is 8.56. The van der Waals surface area contributed by atoms with Crippen molar-refractivity contribution in [2.75, 3.05) is 5.73 Å². The van der Waals surface area contributed by atoms with E-state index >= 15 is 0 Å². The maximum atomic E-state index is 12.2. The molecule has 0 aliphatic carbocycles. The third kappa shape index (κ3) is 2.25. The van der Waals surface area contributed by atoms with Crippen LogP contribution in [0.5, 0.6) is 0 Å². The largest absolute Gasteiger partial charge is 0.459 e. The van der Waals surface area contributed by atoms with E-state index in [9.17, 15) is 4.79 Å². The number of nitrogen functional groups attached to an aromatic ring is 1. The van der Waals surface area contributed by atoms with Crippen molar-refractivity contribution in [3.8, 4) is 0 Å². The number of hydrogen-bond donors (Lipinski definition) is 1. The molecule has 0 amide bonds. The summed E-state index contributed by atoms with van der Waals surface area (Å²) in [5.74, 6) is -0.362. The zero-order chi connectivity index (χ0) is 14.6. The van der Waals surface area contributed by atoms with Crippen LogP contribution in [0.1, 0.15) is 62.3 Å². The van der Waals surface area contributed by atoms with Crippen molar-refractivity contribution in [1.82, 2.24) is 0 Å². The van der Waals surface area contributed by atoms with Crippen LogP contribution >= 0.6 is 11.3 Å². The Bertz CT molecular complexity index is 529. The molecule has 4 nitrogen and oxygen atoms in total. The summed E-state index contributed by atoms with van der Waals surface area (Å²) in [5.41, 5.74) is 6.44. The first-order valence-electron chi connectivity index (χ1n) is 6.40. The zero-order valence-electron chi connectivity index (χ0n) is 12.3. The Morgan fingerprint density at radius 1 is 1.26 bits per heavy atom. The Morgan fingerprint density at radius 2 is 1.84 bits per heavy atom. The van der Waals surface area contributed by atoms with Crippen molar-refractivity contribution in [3.63, 3.8) is 0 Å². The van der Waals surface area contributed by atoms with Crippen LogP contribution in [0.25, 0.3) is 0 Å². The predicted molar refractivity (Wildman–Crippen MR) is 76.4 cm³/mol. The lowest BCUT2D eigenvalue weighted by Gasteiger charge is -2.26. The summed E-state index contributed by atoms with van der Waals surface area (Å²) in [4.78, 5) is 13.3. The molecule has 1 aliphatic rings. The van der Waals surface area contributed by atoms with Gasteiger partial charge >= 0.3 is 5.97 Å². The molecular weight excluding hydrogens is 262 g/mol. The molecule has 0 bridgehead atoms. The molecule has 1 aliphatic heterocycles. The van der Waals surface area contributed by atoms with Crippen LogP contribution in [0, 0.1) is 0 Å². The van der Waals surface area contributed by atoms with Crippen molar-refractivity contribution >= 4 is 22.3 Å². The number of thiophene rings is 1. The first kappa shape index (κ1) is 14.3. The molecule has 0 atom stereocenters. The molecule has 2 rings (SSSR count). The topological polar surface area (TPSA) is 61.5 Å². The number of esters is 1. The number of nitrogens with two attached hydrogens (primary N) is 1. The van der Waals surface area contributed by atoms with Crippen molar-refractivity contribution < 1.29 is 14.3 Å². The number of fused-ring (bicyclic) bond motifs is 1. The van der Waals surface area contributed by atoms with Gasteiger partial charge in [0.2, 0.25) is 0 Å². The van der Waals surface area contributed by atoms with Crippen LogP contribution in [0.3, 0.4) is 0 Å². The standard InChI is InChI=1S/C14H21NO3S/c1-7(2)17-12(16)8-9-10(19-11(8)15)14(5,6)18-13(9,3)4/h7H,15H2,1-6H3. The van der Waals surface area contributed by atoms with E-state index < -0.39 is 11.2 Å². The zero-order valence-corrected chi connectivity index (χ0v) is 13.1. The highest BCUT2D eigenvalue weighted by Gasteiger charge is 2.48. The molecule has 0 radical (unpaired) electrons. The van der Waals surface area contributed by atoms with Crippen LogP contribution in [0.2, 0.25) is 0 Å². The summed E-state index contributed by atoms with van der Waals surface area (Å²) >= 11 is 1.42. The lowest BCUT2D eigenvalue weighted by Crippen LogP contribution is -2.24. The molecule has 2 heterocycles. The third-order valence-electron chi connectivity index (χ3n) is 3.14. The molecule has 5 heteroatoms. The van der Waals surface area contributed by atoms with Crippen molar-refractivity contribution in [2.45, 2.75) is 58.8 Å². The third-order valence-corrected chi connectivity index (χ3v) is 4.47. The average molecular weight is 283 g/mol. The fourth-order valence-electron chi connectivity index (χ4n) is 2.66. The van der Waals surface area contributed by atoms with Crippen molar-refractivity contribution in [2.24, 2.45) is 0 Å². The Balaban J connectivity index is 2.57. The second-order valence-corrected chi connectivity index (χ2v) is 7.17. The Hall–Kier alpha value is -1.07. The lowest BCUT2D eigenvalue weighted by molar-refractivity contribution is -0.104. The summed E-state index contributed by atoms with van der Waals surface area (Å²) in [5, 5.41) is 0.514. The minimum absolute atomic E-state index is 0.166. The monoisotopic (exact) mass is 283 g/mol. The Morgan fingerprint density at radius 3 is 2.37 bits per heavy atom. The smallest absolute Gasteiger partial charge is 0.341 e. The van der Waals surface area contributed by atoms with E-state index in [2.05, 4.69) is 0 Å². The number of ether oxygens (including phenoxy) is 2. The number of anilines is 1. The van der Waals surface area contributed by atoms with E-state index in [0.717, 1.165) is 10.4 Å². The second-order valence-electron chi connectivity index (χ2n) is 6.12. The SMILES string of the molecule is CC(C)OC(=O)c1c(N)sc2c1C(C)(C)OC2(C)C. The average Bonchev–Trinajstić information content (AvgIpc) is 2.61. The molecule has 0 saturated carbocycles. The predicted octanol–water partition coefficient (Wildman–Crippen LogP) is 3.40. The van der Waals surface area contributed by atoms with E-state index in [1.807, 2.05) is 41.5 Å². The molecule has 2 N–H and O–H groups in total. The number of carbonyl (C=O) groups is 1. The highest BCUT2D eigenvalue weighted by molar-refractivity contribution is 7.16. The van der Waals surface area contributed by atoms with Crippen LogP contribution < -0.4 is 5.73 Å². The van der Waals surface area contributed by atoms with Gasteiger partial charge in [-0.25, -0.2) is 4.79 Å². The maximum Gasteiger partial charge on any atom is 0.341 e. The molecular formula is C14H21NO3S. The lowest BCUT2D eigenvalue weighted by atomic mass is 9.94. The minimum atomic E-state index is -0.529. The molecule has 0 spiro atoms. The summed E-state index contributed by atoms with van der Waals surface area (Å²) in [6.07, 6.45) is -0.166. The van der Waals surface area contributed by atoms with Gasteiger partial charge in [-0.1, -0.05) is 0 Å². The molecule has 0 unspecified atom stereocenters. The summed E-state index contributed by atoms with van der Waals surface area (Å²) in [6, 6.07) is 0. The summed E-state index contributed by atoms with van der Waals surface area (Å²) in [7, 11) is 0. The molecule has 0 aromatic carbocycles. The number of rotatable bonds is 2. The van der Waals surface area contributed by atoms with E-state index in [4.69, 9.17) is 15.2 Å². The van der Waals surface area contributed by atoms with Gasteiger partial charge in [0, 0.05) is 10.4 Å². The summed E-state index contributed by atoms with van der Waals surface area (Å²) < 4.78 is 11.3. The van der Waals surface area contributed by atoms with Crippen molar-refractivity contribution in [3.05, 3.63) is 16.0 Å². The van der Waals surface area contributed by atoms with Gasteiger partial charge in [-0.15, -0.1) is 11.3 Å².